The summed E-state index contributed by atoms with van der Waals surface area (Å²) in [5.74, 6) is -0.830. The quantitative estimate of drug-likeness (QED) is 0.554. The van der Waals surface area contributed by atoms with Gasteiger partial charge in [-0.15, -0.1) is 0 Å². The van der Waals surface area contributed by atoms with Crippen LogP contribution < -0.4 is 15.8 Å². The zero-order valence-electron chi connectivity index (χ0n) is 13.5. The third kappa shape index (κ3) is 4.85. The number of likely N-dealkylation sites (N-methyl/N-ethyl adjacent to an activating group) is 1. The molecule has 2 rings (SSSR count). The zero-order valence-corrected chi connectivity index (χ0v) is 13.5. The van der Waals surface area contributed by atoms with E-state index in [2.05, 4.69) is 25.8 Å². The van der Waals surface area contributed by atoms with Gasteiger partial charge in [0.05, 0.1) is 12.8 Å². The number of nitrogens with one attached hydrogen (secondary N) is 2. The predicted octanol–water partition coefficient (Wildman–Crippen LogP) is 1.24. The third-order valence-corrected chi connectivity index (χ3v) is 3.05. The summed E-state index contributed by atoms with van der Waals surface area (Å²) in [6.07, 6.45) is 2.55. The van der Waals surface area contributed by atoms with Crippen LogP contribution >= 0.6 is 0 Å². The molecule has 2 heterocycles. The lowest BCUT2D eigenvalue weighted by atomic mass is 10.3. The number of rotatable bonds is 8. The fourth-order valence-corrected chi connectivity index (χ4v) is 1.81. The van der Waals surface area contributed by atoms with Crippen molar-refractivity contribution in [3.8, 4) is 0 Å². The van der Waals surface area contributed by atoms with Crippen LogP contribution in [-0.4, -0.2) is 47.7 Å². The first kappa shape index (κ1) is 17.5. The maximum Gasteiger partial charge on any atom is 0.288 e. The minimum Gasteiger partial charge on any atom is -0.380 e. The topological polar surface area (TPSA) is 92.3 Å². The summed E-state index contributed by atoms with van der Waals surface area (Å²) in [7, 11) is 1.70. The second kappa shape index (κ2) is 8.73. The molecule has 2 aromatic heterocycles. The summed E-state index contributed by atoms with van der Waals surface area (Å²) >= 11 is 0. The number of hydrogen-bond acceptors (Lipinski definition) is 7. The highest BCUT2D eigenvalue weighted by molar-refractivity contribution is 5.92. The van der Waals surface area contributed by atoms with Gasteiger partial charge in [-0.1, -0.05) is 6.07 Å². The van der Waals surface area contributed by atoms with Crippen molar-refractivity contribution in [1.82, 2.24) is 20.4 Å². The van der Waals surface area contributed by atoms with E-state index < -0.39 is 11.7 Å². The van der Waals surface area contributed by atoms with Gasteiger partial charge >= 0.3 is 0 Å². The van der Waals surface area contributed by atoms with Crippen LogP contribution in [0.4, 0.5) is 16.2 Å². The van der Waals surface area contributed by atoms with Gasteiger partial charge in [0, 0.05) is 26.4 Å². The van der Waals surface area contributed by atoms with Crippen LogP contribution in [0.15, 0.2) is 30.6 Å². The number of hydrazine groups is 1. The lowest BCUT2D eigenvalue weighted by Gasteiger charge is -2.19. The second-order valence-corrected chi connectivity index (χ2v) is 4.78. The number of carbonyl (C=O) groups is 1. The number of nitrogens with zero attached hydrogens (tertiary/aromatic N) is 4. The molecule has 8 nitrogen and oxygen atoms in total. The summed E-state index contributed by atoms with van der Waals surface area (Å²) in [6, 6.07) is 4.97. The van der Waals surface area contributed by atoms with E-state index in [1.54, 1.807) is 30.1 Å². The standard InChI is InChI=1S/C15H19FN6O2/c1-3-24-9-8-22(2)13-11(16)10-18-15(19-13)21-20-14(23)12-6-4-5-7-17-12/h4-7,10H,3,8-9H2,1-2H3,(H,20,23)(H,18,19,21). The Morgan fingerprint density at radius 2 is 2.21 bits per heavy atom. The molecular weight excluding hydrogens is 315 g/mol. The molecule has 0 aromatic carbocycles. The number of anilines is 2. The first-order chi connectivity index (χ1) is 11.6. The lowest BCUT2D eigenvalue weighted by molar-refractivity contribution is 0.0957. The molecule has 128 valence electrons. The Morgan fingerprint density at radius 3 is 2.92 bits per heavy atom. The van der Waals surface area contributed by atoms with Crippen LogP contribution in [-0.2, 0) is 4.74 Å². The van der Waals surface area contributed by atoms with E-state index >= 15 is 0 Å². The van der Waals surface area contributed by atoms with Gasteiger partial charge in [0.2, 0.25) is 5.95 Å². The van der Waals surface area contributed by atoms with Gasteiger partial charge in [-0.05, 0) is 19.1 Å². The van der Waals surface area contributed by atoms with Crippen LogP contribution in [0.3, 0.4) is 0 Å². The first-order valence-corrected chi connectivity index (χ1v) is 7.40. The number of hydrogen-bond donors (Lipinski definition) is 2. The number of ether oxygens (including phenoxy) is 1. The molecule has 1 amide bonds. The van der Waals surface area contributed by atoms with Crippen LogP contribution in [0, 0.1) is 5.82 Å². The van der Waals surface area contributed by atoms with E-state index in [1.807, 2.05) is 6.92 Å². The minimum absolute atomic E-state index is 0.0685. The van der Waals surface area contributed by atoms with Gasteiger partial charge < -0.3 is 9.64 Å². The fourth-order valence-electron chi connectivity index (χ4n) is 1.81. The van der Waals surface area contributed by atoms with Crippen LogP contribution in [0.2, 0.25) is 0 Å². The monoisotopic (exact) mass is 334 g/mol. The van der Waals surface area contributed by atoms with Crippen molar-refractivity contribution >= 4 is 17.7 Å². The Labute approximate surface area is 139 Å². The molecule has 0 spiro atoms. The van der Waals surface area contributed by atoms with Gasteiger partial charge in [-0.25, -0.2) is 9.37 Å². The highest BCUT2D eigenvalue weighted by Crippen LogP contribution is 2.15. The highest BCUT2D eigenvalue weighted by atomic mass is 19.1. The van der Waals surface area contributed by atoms with Crippen molar-refractivity contribution in [3.05, 3.63) is 42.1 Å². The Balaban J connectivity index is 1.98. The molecule has 2 N–H and O–H groups in total. The number of carbonyl (C=O) groups excluding carboxylic acids is 1. The van der Waals surface area contributed by atoms with Crippen molar-refractivity contribution < 1.29 is 13.9 Å². The average Bonchev–Trinajstić information content (AvgIpc) is 2.61. The molecule has 0 aliphatic heterocycles. The Morgan fingerprint density at radius 1 is 1.38 bits per heavy atom. The van der Waals surface area contributed by atoms with Gasteiger partial charge in [0.25, 0.3) is 5.91 Å². The summed E-state index contributed by atoms with van der Waals surface area (Å²) in [5, 5.41) is 0. The van der Waals surface area contributed by atoms with E-state index in [4.69, 9.17) is 4.74 Å². The molecule has 24 heavy (non-hydrogen) atoms. The van der Waals surface area contributed by atoms with E-state index in [1.165, 1.54) is 6.20 Å². The molecule has 0 atom stereocenters. The summed E-state index contributed by atoms with van der Waals surface area (Å²) < 4.78 is 19.1. The summed E-state index contributed by atoms with van der Waals surface area (Å²) in [6.45, 7) is 3.40. The van der Waals surface area contributed by atoms with Crippen molar-refractivity contribution in [1.29, 1.82) is 0 Å². The molecule has 0 saturated heterocycles. The molecule has 2 aromatic rings. The molecule has 0 aliphatic carbocycles. The maximum atomic E-state index is 13.9. The van der Waals surface area contributed by atoms with E-state index in [9.17, 15) is 9.18 Å². The largest absolute Gasteiger partial charge is 0.380 e. The Kier molecular flexibility index (Phi) is 6.38. The number of halogens is 1. The molecule has 0 bridgehead atoms. The normalized spacial score (nSPS) is 10.3. The lowest BCUT2D eigenvalue weighted by Crippen LogP contribution is -2.31. The Bertz CT molecular complexity index is 670. The molecule has 0 unspecified atom stereocenters. The third-order valence-electron chi connectivity index (χ3n) is 3.05. The van der Waals surface area contributed by atoms with Crippen LogP contribution in [0.5, 0.6) is 0 Å². The van der Waals surface area contributed by atoms with Gasteiger partial charge in [-0.2, -0.15) is 4.98 Å². The smallest absolute Gasteiger partial charge is 0.288 e. The first-order valence-electron chi connectivity index (χ1n) is 7.40. The van der Waals surface area contributed by atoms with Gasteiger partial charge in [0.15, 0.2) is 11.6 Å². The van der Waals surface area contributed by atoms with Crippen LogP contribution in [0.25, 0.3) is 0 Å². The minimum atomic E-state index is -0.560. The highest BCUT2D eigenvalue weighted by Gasteiger charge is 2.12. The number of aromatic nitrogens is 3. The summed E-state index contributed by atoms with van der Waals surface area (Å²) in [4.78, 5) is 25.3. The van der Waals surface area contributed by atoms with Crippen molar-refractivity contribution in [2.24, 2.45) is 0 Å². The Hall–Kier alpha value is -2.81. The molecule has 0 saturated carbocycles. The van der Waals surface area contributed by atoms with Crippen LogP contribution in [0.1, 0.15) is 17.4 Å². The molecule has 9 heteroatoms. The SMILES string of the molecule is CCOCCN(C)c1nc(NNC(=O)c2ccccn2)ncc1F. The predicted molar refractivity (Wildman–Crippen MR) is 87.1 cm³/mol. The zero-order chi connectivity index (χ0) is 17.4. The van der Waals surface area contributed by atoms with Gasteiger partial charge in [-0.3, -0.25) is 20.6 Å². The average molecular weight is 334 g/mol. The van der Waals surface area contributed by atoms with E-state index in [0.29, 0.717) is 19.8 Å². The van der Waals surface area contributed by atoms with E-state index in [-0.39, 0.29) is 17.5 Å². The summed E-state index contributed by atoms with van der Waals surface area (Å²) in [5.41, 5.74) is 5.19. The van der Waals surface area contributed by atoms with E-state index in [0.717, 1.165) is 6.20 Å². The number of amides is 1. The van der Waals surface area contributed by atoms with Crippen molar-refractivity contribution in [2.75, 3.05) is 37.1 Å². The molecule has 0 radical (unpaired) electrons. The molecular formula is C15H19FN6O2. The second-order valence-electron chi connectivity index (χ2n) is 4.78. The van der Waals surface area contributed by atoms with Crippen molar-refractivity contribution in [3.63, 3.8) is 0 Å². The molecule has 0 fully saturated rings. The van der Waals surface area contributed by atoms with Crippen molar-refractivity contribution in [2.45, 2.75) is 6.92 Å². The van der Waals surface area contributed by atoms with Gasteiger partial charge in [0.1, 0.15) is 5.69 Å². The molecule has 0 aliphatic rings. The fraction of sp³-hybridized carbons (Fsp3) is 0.333. The maximum absolute atomic E-state index is 13.9. The number of pyridine rings is 1.